The molecule has 3 rings (SSSR count). The number of hydrogen-bond donors (Lipinski definition) is 0. The molecule has 138 valence electrons. The lowest BCUT2D eigenvalue weighted by Crippen LogP contribution is -2.27. The Bertz CT molecular complexity index is 963. The van der Waals surface area contributed by atoms with Gasteiger partial charge in [-0.1, -0.05) is 15.9 Å². The Morgan fingerprint density at radius 1 is 1.23 bits per heavy atom. The lowest BCUT2D eigenvalue weighted by atomic mass is 10.3. The van der Waals surface area contributed by atoms with E-state index in [0.29, 0.717) is 25.6 Å². The first-order chi connectivity index (χ1) is 12.4. The second-order valence-corrected chi connectivity index (χ2v) is 9.19. The number of hydrogen-bond acceptors (Lipinski definition) is 5. The van der Waals surface area contributed by atoms with E-state index in [9.17, 15) is 17.8 Å². The zero-order valence-electron chi connectivity index (χ0n) is 13.6. The fourth-order valence-corrected chi connectivity index (χ4v) is 4.78. The molecule has 3 heterocycles. The van der Waals surface area contributed by atoms with Gasteiger partial charge in [-0.25, -0.2) is 23.0 Å². The molecule has 1 unspecified atom stereocenters. The third kappa shape index (κ3) is 4.42. The number of rotatable bonds is 2. The summed E-state index contributed by atoms with van der Waals surface area (Å²) in [4.78, 5) is 21.8. The maximum absolute atomic E-state index is 13.7. The highest BCUT2D eigenvalue weighted by molar-refractivity contribution is 9.10. The number of carbonyl (C=O) groups excluding carboxylic acids is 1. The first kappa shape index (κ1) is 18.8. The third-order valence-electron chi connectivity index (χ3n) is 3.86. The van der Waals surface area contributed by atoms with Crippen LogP contribution in [-0.2, 0) is 9.73 Å². The molecule has 1 aliphatic heterocycles. The molecule has 1 atom stereocenters. The summed E-state index contributed by atoms with van der Waals surface area (Å²) < 4.78 is 44.2. The molecule has 2 aromatic rings. The molecule has 1 fully saturated rings. The van der Waals surface area contributed by atoms with Crippen LogP contribution in [0.2, 0.25) is 0 Å². The van der Waals surface area contributed by atoms with Crippen molar-refractivity contribution in [2.75, 3.05) is 29.5 Å². The average Bonchev–Trinajstić information content (AvgIpc) is 2.76. The molecule has 1 amide bonds. The molecule has 0 spiro atoms. The molecule has 0 radical (unpaired) electrons. The highest BCUT2D eigenvalue weighted by Crippen LogP contribution is 2.20. The van der Waals surface area contributed by atoms with Gasteiger partial charge in [0.25, 0.3) is 0 Å². The van der Waals surface area contributed by atoms with Crippen molar-refractivity contribution < 1.29 is 17.8 Å². The average molecular weight is 445 g/mol. The predicted octanol–water partition coefficient (Wildman–Crippen LogP) is 3.04. The van der Waals surface area contributed by atoms with Crippen molar-refractivity contribution >= 4 is 37.4 Å². The zero-order chi connectivity index (χ0) is 18.7. The Kier molecular flexibility index (Phi) is 5.61. The number of halogens is 3. The van der Waals surface area contributed by atoms with Gasteiger partial charge >= 0.3 is 5.91 Å². The van der Waals surface area contributed by atoms with E-state index in [-0.39, 0.29) is 11.5 Å². The van der Waals surface area contributed by atoms with Crippen molar-refractivity contribution in [1.82, 2.24) is 9.97 Å². The minimum absolute atomic E-state index is 0.149. The van der Waals surface area contributed by atoms with Gasteiger partial charge < -0.3 is 4.90 Å². The standard InChI is InChI=1S/C16H15BrF2N4O2S/c17-11-2-3-20-14(8-11)23-4-1-6-26(25,7-5-23)22-16(24)15-13(19)9-12(18)10-21-15/h2-3,8-10H,1,4-7H2. The van der Waals surface area contributed by atoms with Crippen LogP contribution < -0.4 is 4.90 Å². The van der Waals surface area contributed by atoms with Crippen LogP contribution in [-0.4, -0.2) is 44.7 Å². The van der Waals surface area contributed by atoms with Crippen LogP contribution in [0.15, 0.2) is 39.4 Å². The van der Waals surface area contributed by atoms with Gasteiger partial charge in [-0.2, -0.15) is 4.36 Å². The van der Waals surface area contributed by atoms with Crippen LogP contribution in [0, 0.1) is 11.6 Å². The smallest absolute Gasteiger partial charge is 0.306 e. The summed E-state index contributed by atoms with van der Waals surface area (Å²) in [6.45, 7) is 1.02. The van der Waals surface area contributed by atoms with Gasteiger partial charge in [-0.3, -0.25) is 4.79 Å². The van der Waals surface area contributed by atoms with Crippen LogP contribution in [0.4, 0.5) is 14.6 Å². The molecule has 0 bridgehead atoms. The van der Waals surface area contributed by atoms with Crippen LogP contribution >= 0.6 is 15.9 Å². The topological polar surface area (TPSA) is 75.5 Å². The lowest BCUT2D eigenvalue weighted by molar-refractivity contribution is 0.0996. The van der Waals surface area contributed by atoms with Crippen LogP contribution in [0.3, 0.4) is 0 Å². The number of aromatic nitrogens is 2. The molecule has 2 aromatic heterocycles. The Morgan fingerprint density at radius 3 is 2.77 bits per heavy atom. The Labute approximate surface area is 158 Å². The Morgan fingerprint density at radius 2 is 2.04 bits per heavy atom. The normalized spacial score (nSPS) is 20.5. The van der Waals surface area contributed by atoms with Crippen molar-refractivity contribution in [3.63, 3.8) is 0 Å². The molecule has 26 heavy (non-hydrogen) atoms. The summed E-state index contributed by atoms with van der Waals surface area (Å²) in [6.07, 6.45) is 2.94. The summed E-state index contributed by atoms with van der Waals surface area (Å²) in [7, 11) is -2.86. The molecular weight excluding hydrogens is 430 g/mol. The quantitative estimate of drug-likeness (QED) is 0.711. The Balaban J connectivity index is 1.81. The van der Waals surface area contributed by atoms with Gasteiger partial charge in [0.05, 0.1) is 15.9 Å². The zero-order valence-corrected chi connectivity index (χ0v) is 16.0. The van der Waals surface area contributed by atoms with E-state index >= 15 is 0 Å². The van der Waals surface area contributed by atoms with Crippen molar-refractivity contribution in [1.29, 1.82) is 0 Å². The maximum atomic E-state index is 13.7. The van der Waals surface area contributed by atoms with E-state index < -0.39 is 33.0 Å². The SMILES string of the molecule is O=C(N=S1(=O)CCCN(c2cc(Br)ccn2)CC1)c1ncc(F)cc1F. The minimum Gasteiger partial charge on any atom is -0.356 e. The van der Waals surface area contributed by atoms with E-state index in [4.69, 9.17) is 0 Å². The van der Waals surface area contributed by atoms with Crippen molar-refractivity contribution in [3.05, 3.63) is 52.4 Å². The number of anilines is 1. The second-order valence-electron chi connectivity index (χ2n) is 5.73. The number of nitrogens with zero attached hydrogens (tertiary/aromatic N) is 4. The van der Waals surface area contributed by atoms with E-state index in [1.807, 2.05) is 17.0 Å². The second kappa shape index (κ2) is 7.75. The van der Waals surface area contributed by atoms with E-state index in [1.54, 1.807) is 6.20 Å². The van der Waals surface area contributed by atoms with Crippen molar-refractivity contribution in [2.45, 2.75) is 6.42 Å². The van der Waals surface area contributed by atoms with E-state index in [0.717, 1.165) is 16.5 Å². The predicted molar refractivity (Wildman–Crippen MR) is 97.6 cm³/mol. The minimum atomic E-state index is -2.86. The molecule has 1 saturated heterocycles. The lowest BCUT2D eigenvalue weighted by Gasteiger charge is -2.20. The van der Waals surface area contributed by atoms with Gasteiger partial charge in [0, 0.05) is 41.3 Å². The van der Waals surface area contributed by atoms with E-state index in [1.165, 1.54) is 0 Å². The van der Waals surface area contributed by atoms with Gasteiger partial charge in [0.15, 0.2) is 11.5 Å². The first-order valence-electron chi connectivity index (χ1n) is 7.81. The van der Waals surface area contributed by atoms with Gasteiger partial charge in [0.1, 0.15) is 11.6 Å². The molecule has 0 N–H and O–H groups in total. The highest BCUT2D eigenvalue weighted by atomic mass is 79.9. The van der Waals surface area contributed by atoms with Crippen molar-refractivity contribution in [3.8, 4) is 0 Å². The largest absolute Gasteiger partial charge is 0.356 e. The highest BCUT2D eigenvalue weighted by Gasteiger charge is 2.22. The fraction of sp³-hybridized carbons (Fsp3) is 0.312. The third-order valence-corrected chi connectivity index (χ3v) is 6.60. The van der Waals surface area contributed by atoms with Gasteiger partial charge in [0.2, 0.25) is 0 Å². The molecule has 0 aromatic carbocycles. The monoisotopic (exact) mass is 444 g/mol. The summed E-state index contributed by atoms with van der Waals surface area (Å²) in [5.74, 6) is -1.94. The first-order valence-corrected chi connectivity index (χ1v) is 10.5. The van der Waals surface area contributed by atoms with Gasteiger partial charge in [-0.15, -0.1) is 0 Å². The molecule has 10 heteroatoms. The molecule has 1 aliphatic rings. The number of pyridine rings is 2. The van der Waals surface area contributed by atoms with E-state index in [2.05, 4.69) is 30.3 Å². The summed E-state index contributed by atoms with van der Waals surface area (Å²) in [6, 6.07) is 4.21. The molecule has 0 saturated carbocycles. The molecular formula is C16H15BrF2N4O2S. The summed E-state index contributed by atoms with van der Waals surface area (Å²) in [5.41, 5.74) is -0.621. The van der Waals surface area contributed by atoms with Crippen LogP contribution in [0.1, 0.15) is 16.9 Å². The summed E-state index contributed by atoms with van der Waals surface area (Å²) in [5, 5.41) is 0. The van der Waals surface area contributed by atoms with Crippen LogP contribution in [0.25, 0.3) is 0 Å². The number of amides is 1. The van der Waals surface area contributed by atoms with Gasteiger partial charge in [-0.05, 0) is 18.6 Å². The maximum Gasteiger partial charge on any atom is 0.306 e. The van der Waals surface area contributed by atoms with Crippen LogP contribution in [0.5, 0.6) is 0 Å². The Hall–Kier alpha value is -1.94. The van der Waals surface area contributed by atoms with Crippen molar-refractivity contribution in [2.24, 2.45) is 4.36 Å². The summed E-state index contributed by atoms with van der Waals surface area (Å²) >= 11 is 3.39. The molecule has 6 nitrogen and oxygen atoms in total. The molecule has 0 aliphatic carbocycles. The number of carbonyl (C=O) groups is 1. The fourth-order valence-electron chi connectivity index (χ4n) is 2.60.